The van der Waals surface area contributed by atoms with Gasteiger partial charge in [-0.05, 0) is 44.6 Å². The number of unbranched alkanes of at least 4 members (excludes halogenated alkanes) is 1. The molecule has 0 aliphatic carbocycles. The van der Waals surface area contributed by atoms with Crippen molar-refractivity contribution in [1.82, 2.24) is 41.9 Å². The molecule has 7 unspecified atom stereocenters. The number of carboxylic acids is 2. The molecule has 0 radical (unpaired) electrons. The molecular weight excluding hydrogens is 738 g/mol. The third-order valence-electron chi connectivity index (χ3n) is 8.46. The second-order valence-electron chi connectivity index (χ2n) is 14.0. The third-order valence-corrected chi connectivity index (χ3v) is 8.46. The number of aliphatic carboxylic acids is 2. The zero-order valence-electron chi connectivity index (χ0n) is 32.3. The lowest BCUT2D eigenvalue weighted by molar-refractivity contribution is -0.143. The van der Waals surface area contributed by atoms with E-state index < -0.39 is 127 Å². The minimum Gasteiger partial charge on any atom is -0.481 e. The Kier molecular flexibility index (Phi) is 20.7. The van der Waals surface area contributed by atoms with E-state index in [0.717, 1.165) is 0 Å². The highest BCUT2D eigenvalue weighted by Gasteiger charge is 2.35. The van der Waals surface area contributed by atoms with E-state index in [1.165, 1.54) is 19.4 Å². The molecule has 15 N–H and O–H groups in total. The van der Waals surface area contributed by atoms with Gasteiger partial charge in [0.1, 0.15) is 36.3 Å². The number of hydrogen-bond acceptors (Lipinski definition) is 12. The quantitative estimate of drug-likeness (QED) is 0.0405. The van der Waals surface area contributed by atoms with Crippen LogP contribution in [0, 0.1) is 11.8 Å². The minimum atomic E-state index is -1.69. The maximum Gasteiger partial charge on any atom is 0.326 e. The third kappa shape index (κ3) is 17.2. The van der Waals surface area contributed by atoms with Crippen LogP contribution >= 0.6 is 0 Å². The highest BCUT2D eigenvalue weighted by molar-refractivity contribution is 5.98. The Hall–Kier alpha value is -5.64. The maximum atomic E-state index is 13.6. The van der Waals surface area contributed by atoms with Crippen LogP contribution in [-0.2, 0) is 49.6 Å². The van der Waals surface area contributed by atoms with Crippen LogP contribution in [0.15, 0.2) is 12.5 Å². The molecule has 0 spiro atoms. The number of rotatable bonds is 26. The molecule has 0 aromatic carbocycles. The lowest BCUT2D eigenvalue weighted by Gasteiger charge is -2.29. The molecular formula is C34H57N11O11. The first kappa shape index (κ1) is 48.4. The van der Waals surface area contributed by atoms with Gasteiger partial charge in [-0.15, -0.1) is 0 Å². The second-order valence-corrected chi connectivity index (χ2v) is 14.0. The monoisotopic (exact) mass is 795 g/mol. The van der Waals surface area contributed by atoms with Crippen LogP contribution < -0.4 is 49.1 Å². The van der Waals surface area contributed by atoms with Gasteiger partial charge in [0.2, 0.25) is 41.4 Å². The van der Waals surface area contributed by atoms with Gasteiger partial charge in [0.05, 0.1) is 18.8 Å². The number of nitrogens with two attached hydrogens (primary N) is 3. The Bertz CT molecular complexity index is 1520. The summed E-state index contributed by atoms with van der Waals surface area (Å²) >= 11 is 0. The molecule has 22 heteroatoms. The Labute approximate surface area is 324 Å². The van der Waals surface area contributed by atoms with E-state index in [1.807, 2.05) is 0 Å². The number of hydrogen-bond donors (Lipinski definition) is 12. The van der Waals surface area contributed by atoms with Crippen LogP contribution in [0.3, 0.4) is 0 Å². The molecule has 1 aromatic rings. The van der Waals surface area contributed by atoms with Crippen LogP contribution in [0.4, 0.5) is 0 Å². The zero-order valence-corrected chi connectivity index (χ0v) is 32.3. The summed E-state index contributed by atoms with van der Waals surface area (Å²) in [7, 11) is 0. The Morgan fingerprint density at radius 1 is 0.696 bits per heavy atom. The molecule has 0 bridgehead atoms. The number of primary amides is 1. The summed E-state index contributed by atoms with van der Waals surface area (Å²) in [5.41, 5.74) is 17.3. The van der Waals surface area contributed by atoms with Crippen molar-refractivity contribution in [2.24, 2.45) is 29.0 Å². The van der Waals surface area contributed by atoms with Crippen molar-refractivity contribution >= 4 is 53.3 Å². The number of carboxylic acid groups (broad SMARTS) is 2. The predicted octanol–water partition coefficient (Wildman–Crippen LogP) is -3.53. The smallest absolute Gasteiger partial charge is 0.326 e. The average molecular weight is 796 g/mol. The standard InChI is InChI=1S/C34H57N11O11/c1-16(2)26(32(53)43-23(13-24(37)46)31(52)41-21(34(55)56)9-10-25(47)48)45-33(54)27(17(3)4)44-28(49)18(5)40-30(51)22(12-19-14-38-15-39-19)42-29(50)20(36)8-6-7-11-35/h14-18,20-23,26-27H,6-13,35-36H2,1-5H3,(H2,37,46)(H,38,39)(H,40,51)(H,41,52)(H,42,50)(H,43,53)(H,44,49)(H,45,54)(H,47,48)(H,55,56). The molecule has 22 nitrogen and oxygen atoms in total. The summed E-state index contributed by atoms with van der Waals surface area (Å²) in [5, 5.41) is 32.9. The molecule has 0 fully saturated rings. The van der Waals surface area contributed by atoms with Crippen LogP contribution in [0.1, 0.15) is 78.8 Å². The number of carbonyl (C=O) groups is 9. The number of nitrogens with one attached hydrogen (secondary N) is 7. The molecule has 7 atom stereocenters. The summed E-state index contributed by atoms with van der Waals surface area (Å²) in [6.45, 7) is 8.14. The van der Waals surface area contributed by atoms with Crippen LogP contribution in [0.5, 0.6) is 0 Å². The zero-order chi connectivity index (χ0) is 42.7. The number of aromatic nitrogens is 2. The Morgan fingerprint density at radius 3 is 1.73 bits per heavy atom. The second kappa shape index (κ2) is 24.0. The fourth-order valence-corrected chi connectivity index (χ4v) is 5.18. The maximum absolute atomic E-state index is 13.6. The molecule has 1 aromatic heterocycles. The fourth-order valence-electron chi connectivity index (χ4n) is 5.18. The number of aromatic amines is 1. The predicted molar refractivity (Wildman–Crippen MR) is 198 cm³/mol. The average Bonchev–Trinajstić information content (AvgIpc) is 3.62. The van der Waals surface area contributed by atoms with Crippen molar-refractivity contribution < 1.29 is 53.4 Å². The van der Waals surface area contributed by atoms with E-state index in [-0.39, 0.29) is 6.42 Å². The van der Waals surface area contributed by atoms with Gasteiger partial charge in [-0.3, -0.25) is 38.4 Å². The first-order valence-corrected chi connectivity index (χ1v) is 18.2. The lowest BCUT2D eigenvalue weighted by Crippen LogP contribution is -2.61. The molecule has 0 aliphatic heterocycles. The SMILES string of the molecule is CC(NC(=O)C(Cc1cnc[nH]1)NC(=O)C(N)CCCCN)C(=O)NC(C(=O)NC(C(=O)NC(CC(N)=O)C(=O)NC(CCC(=O)O)C(=O)O)C(C)C)C(C)C. The Balaban J connectivity index is 3.08. The van der Waals surface area contributed by atoms with Crippen molar-refractivity contribution in [2.75, 3.05) is 6.54 Å². The highest BCUT2D eigenvalue weighted by atomic mass is 16.4. The van der Waals surface area contributed by atoms with Crippen LogP contribution in [0.25, 0.3) is 0 Å². The molecule has 314 valence electrons. The molecule has 0 saturated carbocycles. The van der Waals surface area contributed by atoms with Gasteiger partial charge in [-0.1, -0.05) is 34.1 Å². The summed E-state index contributed by atoms with van der Waals surface area (Å²) < 4.78 is 0. The molecule has 0 saturated heterocycles. The number of imidazole rings is 1. The lowest BCUT2D eigenvalue weighted by atomic mass is 9.99. The number of nitrogens with zero attached hydrogens (tertiary/aromatic N) is 1. The fraction of sp³-hybridized carbons (Fsp3) is 0.647. The van der Waals surface area contributed by atoms with Crippen LogP contribution in [0.2, 0.25) is 0 Å². The largest absolute Gasteiger partial charge is 0.481 e. The summed E-state index contributed by atoms with van der Waals surface area (Å²) in [6.07, 6.45) is 2.61. The van der Waals surface area contributed by atoms with Crippen molar-refractivity contribution in [1.29, 1.82) is 0 Å². The molecule has 0 aliphatic rings. The highest BCUT2D eigenvalue weighted by Crippen LogP contribution is 2.10. The minimum absolute atomic E-state index is 0.00999. The van der Waals surface area contributed by atoms with E-state index >= 15 is 0 Å². The van der Waals surface area contributed by atoms with Gasteiger partial charge in [-0.2, -0.15) is 0 Å². The van der Waals surface area contributed by atoms with Crippen molar-refractivity contribution in [3.63, 3.8) is 0 Å². The van der Waals surface area contributed by atoms with Gasteiger partial charge in [0, 0.05) is 24.7 Å². The van der Waals surface area contributed by atoms with Crippen LogP contribution in [-0.4, -0.2) is 122 Å². The normalized spacial score (nSPS) is 14.9. The van der Waals surface area contributed by atoms with Crippen molar-refractivity contribution in [2.45, 2.75) is 122 Å². The van der Waals surface area contributed by atoms with E-state index in [9.17, 15) is 48.3 Å². The Morgan fingerprint density at radius 2 is 1.23 bits per heavy atom. The van der Waals surface area contributed by atoms with Gasteiger partial charge in [-0.25, -0.2) is 9.78 Å². The van der Waals surface area contributed by atoms with E-state index in [4.69, 9.17) is 22.3 Å². The van der Waals surface area contributed by atoms with E-state index in [2.05, 4.69) is 41.9 Å². The summed E-state index contributed by atoms with van der Waals surface area (Å²) in [5.74, 6) is -10.1. The first-order valence-electron chi connectivity index (χ1n) is 18.2. The first-order chi connectivity index (χ1) is 26.2. The number of carbonyl (C=O) groups excluding carboxylic acids is 7. The van der Waals surface area contributed by atoms with E-state index in [1.54, 1.807) is 27.7 Å². The molecule has 1 rings (SSSR count). The van der Waals surface area contributed by atoms with Gasteiger partial charge < -0.3 is 64.3 Å². The summed E-state index contributed by atoms with van der Waals surface area (Å²) in [4.78, 5) is 121. The number of amides is 7. The van der Waals surface area contributed by atoms with Gasteiger partial charge in [0.15, 0.2) is 0 Å². The molecule has 1 heterocycles. The van der Waals surface area contributed by atoms with E-state index in [0.29, 0.717) is 31.5 Å². The summed E-state index contributed by atoms with van der Waals surface area (Å²) in [6, 6.07) is -9.25. The van der Waals surface area contributed by atoms with Gasteiger partial charge in [0.25, 0.3) is 0 Å². The topological polar surface area (TPSA) is 373 Å². The van der Waals surface area contributed by atoms with Crippen molar-refractivity contribution in [3.05, 3.63) is 18.2 Å². The van der Waals surface area contributed by atoms with Gasteiger partial charge >= 0.3 is 11.9 Å². The molecule has 56 heavy (non-hydrogen) atoms. The number of H-pyrrole nitrogens is 1. The molecule has 7 amide bonds. The van der Waals surface area contributed by atoms with Crippen molar-refractivity contribution in [3.8, 4) is 0 Å².